The van der Waals surface area contributed by atoms with Gasteiger partial charge in [-0.15, -0.1) is 0 Å². The molecular weight excluding hydrogens is 220 g/mol. The Kier molecular flexibility index (Phi) is 2.72. The van der Waals surface area contributed by atoms with Gasteiger partial charge in [-0.1, -0.05) is 36.9 Å². The molecule has 3 heterocycles. The Hall–Kier alpha value is -1.59. The van der Waals surface area contributed by atoms with Gasteiger partial charge in [0.2, 0.25) is 0 Å². The fourth-order valence-corrected chi connectivity index (χ4v) is 3.45. The molecule has 3 saturated heterocycles. The molecule has 0 amide bonds. The van der Waals surface area contributed by atoms with Crippen LogP contribution in [0.3, 0.4) is 0 Å². The SMILES string of the molecule is C=C1C2CCN(CC2)C1(C#N)Cc1ccccc1. The average Bonchev–Trinajstić information content (AvgIpc) is 2.44. The molecule has 0 spiro atoms. The lowest BCUT2D eigenvalue weighted by Crippen LogP contribution is -2.60. The van der Waals surface area contributed by atoms with Crippen molar-refractivity contribution < 1.29 is 0 Å². The number of benzene rings is 1. The van der Waals surface area contributed by atoms with E-state index in [1.54, 1.807) is 0 Å². The lowest BCUT2D eigenvalue weighted by Gasteiger charge is -2.52. The summed E-state index contributed by atoms with van der Waals surface area (Å²) in [5, 5.41) is 9.74. The maximum absolute atomic E-state index is 9.74. The van der Waals surface area contributed by atoms with Gasteiger partial charge in [-0.3, -0.25) is 4.90 Å². The van der Waals surface area contributed by atoms with Crippen LogP contribution in [0, 0.1) is 17.2 Å². The first-order valence-corrected chi connectivity index (χ1v) is 6.66. The van der Waals surface area contributed by atoms with Crippen molar-refractivity contribution >= 4 is 0 Å². The zero-order valence-electron chi connectivity index (χ0n) is 10.6. The number of nitrogens with zero attached hydrogens (tertiary/aromatic N) is 2. The third kappa shape index (κ3) is 1.59. The number of fused-ring (bicyclic) bond motifs is 3. The summed E-state index contributed by atoms with van der Waals surface area (Å²) in [5.41, 5.74) is 1.92. The summed E-state index contributed by atoms with van der Waals surface area (Å²) in [5.74, 6) is 0.554. The summed E-state index contributed by atoms with van der Waals surface area (Å²) in [7, 11) is 0. The molecule has 0 aromatic heterocycles. The predicted octanol–water partition coefficient (Wildman–Crippen LogP) is 2.77. The van der Waals surface area contributed by atoms with Crippen LogP contribution in [-0.4, -0.2) is 23.5 Å². The van der Waals surface area contributed by atoms with E-state index in [1.807, 2.05) is 18.2 Å². The standard InChI is InChI=1S/C16H18N2/c1-13-15-7-9-18(10-8-15)16(13,12-17)11-14-5-3-2-4-6-14/h2-6,15H,1,7-11H2. The molecule has 0 radical (unpaired) electrons. The fraction of sp³-hybridized carbons (Fsp3) is 0.438. The van der Waals surface area contributed by atoms with Gasteiger partial charge in [0.05, 0.1) is 6.07 Å². The fourth-order valence-electron chi connectivity index (χ4n) is 3.45. The highest BCUT2D eigenvalue weighted by Crippen LogP contribution is 2.44. The zero-order chi connectivity index (χ0) is 12.6. The summed E-state index contributed by atoms with van der Waals surface area (Å²) in [6.45, 7) is 6.34. The molecule has 1 unspecified atom stereocenters. The summed E-state index contributed by atoms with van der Waals surface area (Å²) in [6, 6.07) is 12.9. The minimum Gasteiger partial charge on any atom is -0.282 e. The molecule has 92 valence electrons. The van der Waals surface area contributed by atoms with Gasteiger partial charge in [-0.25, -0.2) is 0 Å². The van der Waals surface area contributed by atoms with Gasteiger partial charge in [0.25, 0.3) is 0 Å². The average molecular weight is 238 g/mol. The highest BCUT2D eigenvalue weighted by molar-refractivity contribution is 5.38. The van der Waals surface area contributed by atoms with E-state index in [4.69, 9.17) is 0 Å². The van der Waals surface area contributed by atoms with Gasteiger partial charge in [0.1, 0.15) is 5.54 Å². The van der Waals surface area contributed by atoms with E-state index in [-0.39, 0.29) is 0 Å². The lowest BCUT2D eigenvalue weighted by atomic mass is 9.69. The molecule has 3 aliphatic heterocycles. The third-order valence-electron chi connectivity index (χ3n) is 4.55. The number of hydrogen-bond acceptors (Lipinski definition) is 2. The van der Waals surface area contributed by atoms with Gasteiger partial charge in [0.15, 0.2) is 0 Å². The summed E-state index contributed by atoms with van der Waals surface area (Å²) < 4.78 is 0. The number of piperidine rings is 3. The molecular formula is C16H18N2. The quantitative estimate of drug-likeness (QED) is 0.741. The smallest absolute Gasteiger partial charge is 0.134 e. The molecule has 0 aliphatic carbocycles. The molecule has 4 rings (SSSR count). The first kappa shape index (κ1) is 11.5. The number of hydrogen-bond donors (Lipinski definition) is 0. The van der Waals surface area contributed by atoms with Crippen molar-refractivity contribution in [3.05, 3.63) is 48.0 Å². The highest BCUT2D eigenvalue weighted by Gasteiger charge is 2.49. The highest BCUT2D eigenvalue weighted by atomic mass is 15.2. The molecule has 18 heavy (non-hydrogen) atoms. The predicted molar refractivity (Wildman–Crippen MR) is 71.9 cm³/mol. The van der Waals surface area contributed by atoms with Crippen LogP contribution < -0.4 is 0 Å². The second kappa shape index (κ2) is 4.26. The van der Waals surface area contributed by atoms with Crippen LogP contribution in [0.5, 0.6) is 0 Å². The monoisotopic (exact) mass is 238 g/mol. The van der Waals surface area contributed by atoms with E-state index < -0.39 is 5.54 Å². The Morgan fingerprint density at radius 1 is 1.28 bits per heavy atom. The summed E-state index contributed by atoms with van der Waals surface area (Å²) in [6.07, 6.45) is 3.13. The van der Waals surface area contributed by atoms with Crippen molar-refractivity contribution in [3.63, 3.8) is 0 Å². The van der Waals surface area contributed by atoms with Gasteiger partial charge in [-0.05, 0) is 29.9 Å². The summed E-state index contributed by atoms with van der Waals surface area (Å²) >= 11 is 0. The van der Waals surface area contributed by atoms with Gasteiger partial charge in [0, 0.05) is 19.5 Å². The molecule has 3 fully saturated rings. The van der Waals surface area contributed by atoms with Gasteiger partial charge in [-0.2, -0.15) is 5.26 Å². The lowest BCUT2D eigenvalue weighted by molar-refractivity contribution is 0.0616. The number of nitriles is 1. The minimum absolute atomic E-state index is 0.456. The van der Waals surface area contributed by atoms with Crippen LogP contribution in [0.1, 0.15) is 18.4 Å². The van der Waals surface area contributed by atoms with E-state index in [1.165, 1.54) is 18.4 Å². The maximum atomic E-state index is 9.74. The van der Waals surface area contributed by atoms with Crippen molar-refractivity contribution in [2.45, 2.75) is 24.8 Å². The molecule has 0 N–H and O–H groups in total. The van der Waals surface area contributed by atoms with Crippen LogP contribution in [-0.2, 0) is 6.42 Å². The van der Waals surface area contributed by atoms with Crippen molar-refractivity contribution in [2.24, 2.45) is 5.92 Å². The Morgan fingerprint density at radius 3 is 2.50 bits per heavy atom. The van der Waals surface area contributed by atoms with E-state index in [0.717, 1.165) is 25.1 Å². The third-order valence-corrected chi connectivity index (χ3v) is 4.55. The molecule has 0 saturated carbocycles. The topological polar surface area (TPSA) is 27.0 Å². The van der Waals surface area contributed by atoms with Crippen LogP contribution in [0.4, 0.5) is 0 Å². The summed E-state index contributed by atoms with van der Waals surface area (Å²) in [4.78, 5) is 2.34. The largest absolute Gasteiger partial charge is 0.282 e. The first-order chi connectivity index (χ1) is 8.76. The Morgan fingerprint density at radius 2 is 1.94 bits per heavy atom. The molecule has 2 heteroatoms. The van der Waals surface area contributed by atoms with E-state index >= 15 is 0 Å². The second-order valence-electron chi connectivity index (χ2n) is 5.42. The molecule has 2 nitrogen and oxygen atoms in total. The van der Waals surface area contributed by atoms with E-state index in [2.05, 4.69) is 29.7 Å². The maximum Gasteiger partial charge on any atom is 0.134 e. The van der Waals surface area contributed by atoms with Crippen LogP contribution in [0.15, 0.2) is 42.5 Å². The first-order valence-electron chi connectivity index (χ1n) is 6.66. The van der Waals surface area contributed by atoms with E-state index in [0.29, 0.717) is 5.92 Å². The molecule has 3 aliphatic rings. The Labute approximate surface area is 109 Å². The Bertz CT molecular complexity index is 492. The second-order valence-corrected chi connectivity index (χ2v) is 5.42. The zero-order valence-corrected chi connectivity index (χ0v) is 10.6. The molecule has 1 aromatic carbocycles. The van der Waals surface area contributed by atoms with Gasteiger partial charge >= 0.3 is 0 Å². The normalized spacial score (nSPS) is 34.3. The number of rotatable bonds is 2. The molecule has 1 atom stereocenters. The van der Waals surface area contributed by atoms with Crippen LogP contribution >= 0.6 is 0 Å². The van der Waals surface area contributed by atoms with Crippen LogP contribution in [0.2, 0.25) is 0 Å². The van der Waals surface area contributed by atoms with Crippen molar-refractivity contribution in [2.75, 3.05) is 13.1 Å². The van der Waals surface area contributed by atoms with Crippen LogP contribution in [0.25, 0.3) is 0 Å². The van der Waals surface area contributed by atoms with Gasteiger partial charge < -0.3 is 0 Å². The molecule has 2 bridgehead atoms. The minimum atomic E-state index is -0.456. The van der Waals surface area contributed by atoms with Crippen molar-refractivity contribution in [1.29, 1.82) is 5.26 Å². The van der Waals surface area contributed by atoms with E-state index in [9.17, 15) is 5.26 Å². The molecule has 1 aromatic rings. The van der Waals surface area contributed by atoms with Crippen molar-refractivity contribution in [3.8, 4) is 6.07 Å². The Balaban J connectivity index is 1.96. The van der Waals surface area contributed by atoms with Crippen molar-refractivity contribution in [1.82, 2.24) is 4.90 Å².